The molecule has 2 aliphatic heterocycles. The van der Waals surface area contributed by atoms with Crippen LogP contribution in [0.3, 0.4) is 0 Å². The van der Waals surface area contributed by atoms with E-state index in [0.717, 1.165) is 37.0 Å². The molecule has 4 heteroatoms. The van der Waals surface area contributed by atoms with Gasteiger partial charge in [-0.05, 0) is 54.5 Å². The van der Waals surface area contributed by atoms with Crippen molar-refractivity contribution < 1.29 is 0 Å². The van der Waals surface area contributed by atoms with Crippen molar-refractivity contribution in [2.75, 3.05) is 4.90 Å². The zero-order valence-corrected chi connectivity index (χ0v) is 19.5. The van der Waals surface area contributed by atoms with Gasteiger partial charge in [-0.15, -0.1) is 0 Å². The van der Waals surface area contributed by atoms with Crippen molar-refractivity contribution in [3.63, 3.8) is 0 Å². The summed E-state index contributed by atoms with van der Waals surface area (Å²) in [6.45, 7) is 0. The van der Waals surface area contributed by atoms with Crippen LogP contribution < -0.4 is 4.90 Å². The number of fused-ring (bicyclic) bond motifs is 3. The summed E-state index contributed by atoms with van der Waals surface area (Å²) in [5.74, 6) is 0.776. The van der Waals surface area contributed by atoms with Gasteiger partial charge in [-0.25, -0.2) is 4.99 Å². The van der Waals surface area contributed by atoms with Gasteiger partial charge in [0.2, 0.25) is 0 Å². The summed E-state index contributed by atoms with van der Waals surface area (Å²) in [6.07, 6.45) is 16.7. The van der Waals surface area contributed by atoms with Gasteiger partial charge in [-0.1, -0.05) is 66.8 Å². The number of allylic oxidation sites excluding steroid dienone is 5. The maximum atomic E-state index is 9.50. The zero-order chi connectivity index (χ0) is 23.8. The van der Waals surface area contributed by atoms with Crippen LogP contribution in [0.5, 0.6) is 0 Å². The van der Waals surface area contributed by atoms with Crippen molar-refractivity contribution in [3.05, 3.63) is 107 Å². The lowest BCUT2D eigenvalue weighted by atomic mass is 9.79. The van der Waals surface area contributed by atoms with Crippen molar-refractivity contribution >= 4 is 17.1 Å². The minimum atomic E-state index is 0.157. The van der Waals surface area contributed by atoms with E-state index < -0.39 is 0 Å². The fourth-order valence-electron chi connectivity index (χ4n) is 6.05. The maximum Gasteiger partial charge on any atom is 0.118 e. The Morgan fingerprint density at radius 2 is 1.69 bits per heavy atom. The molecule has 4 unspecified atom stereocenters. The van der Waals surface area contributed by atoms with Crippen molar-refractivity contribution in [2.24, 2.45) is 10.9 Å². The second-order valence-corrected chi connectivity index (χ2v) is 9.64. The summed E-state index contributed by atoms with van der Waals surface area (Å²) in [5, 5.41) is 18.8. The average molecular weight is 455 g/mol. The normalized spacial score (nSPS) is 26.6. The van der Waals surface area contributed by atoms with Crippen LogP contribution in [0.15, 0.2) is 101 Å². The molecular weight excluding hydrogens is 428 g/mol. The van der Waals surface area contributed by atoms with Gasteiger partial charge in [-0.3, -0.25) is 0 Å². The number of aliphatic imine (C=N–C) groups is 1. The van der Waals surface area contributed by atoms with Gasteiger partial charge in [0.05, 0.1) is 12.1 Å². The van der Waals surface area contributed by atoms with Gasteiger partial charge in [0.1, 0.15) is 11.8 Å². The SMILES string of the molecule is N#CC1=CC2c3ccccc3N(c3ccccc3C3CC=CC(C4=CCCC(C#N)=N4)C3)C2C=C1. The Hall–Kier alpha value is -4.15. The second-order valence-electron chi connectivity index (χ2n) is 9.64. The summed E-state index contributed by atoms with van der Waals surface area (Å²) in [5.41, 5.74) is 7.50. The molecule has 2 aromatic rings. The van der Waals surface area contributed by atoms with Crippen LogP contribution in [-0.2, 0) is 0 Å². The fraction of sp³-hybridized carbons (Fsp3) is 0.258. The quantitative estimate of drug-likeness (QED) is 0.469. The van der Waals surface area contributed by atoms with Crippen LogP contribution in [0.4, 0.5) is 11.4 Å². The first kappa shape index (κ1) is 21.4. The number of anilines is 2. The second kappa shape index (κ2) is 8.90. The Kier molecular flexibility index (Phi) is 5.44. The smallest absolute Gasteiger partial charge is 0.118 e. The number of benzene rings is 2. The summed E-state index contributed by atoms with van der Waals surface area (Å²) < 4.78 is 0. The molecule has 2 heterocycles. The lowest BCUT2D eigenvalue weighted by Gasteiger charge is -2.34. The summed E-state index contributed by atoms with van der Waals surface area (Å²) in [4.78, 5) is 7.13. The molecule has 0 spiro atoms. The maximum absolute atomic E-state index is 9.50. The summed E-state index contributed by atoms with van der Waals surface area (Å²) in [6, 6.07) is 22.1. The van der Waals surface area contributed by atoms with Gasteiger partial charge in [-0.2, -0.15) is 10.5 Å². The lowest BCUT2D eigenvalue weighted by molar-refractivity contribution is 0.525. The molecule has 0 fully saturated rings. The molecule has 0 radical (unpaired) electrons. The first-order chi connectivity index (χ1) is 17.3. The lowest BCUT2D eigenvalue weighted by Crippen LogP contribution is -2.30. The van der Waals surface area contributed by atoms with Gasteiger partial charge < -0.3 is 4.90 Å². The van der Waals surface area contributed by atoms with E-state index in [-0.39, 0.29) is 17.9 Å². The van der Waals surface area contributed by atoms with E-state index >= 15 is 0 Å². The molecule has 35 heavy (non-hydrogen) atoms. The Balaban J connectivity index is 1.37. The number of rotatable bonds is 3. The van der Waals surface area contributed by atoms with E-state index in [4.69, 9.17) is 0 Å². The molecule has 170 valence electrons. The number of hydrogen-bond acceptors (Lipinski definition) is 4. The van der Waals surface area contributed by atoms with Gasteiger partial charge in [0, 0.05) is 40.9 Å². The highest BCUT2D eigenvalue weighted by Crippen LogP contribution is 2.51. The molecule has 0 saturated heterocycles. The van der Waals surface area contributed by atoms with Crippen molar-refractivity contribution in [2.45, 2.75) is 43.6 Å². The topological polar surface area (TPSA) is 63.2 Å². The first-order valence-corrected chi connectivity index (χ1v) is 12.4. The predicted molar refractivity (Wildman–Crippen MR) is 139 cm³/mol. The summed E-state index contributed by atoms with van der Waals surface area (Å²) >= 11 is 0. The van der Waals surface area contributed by atoms with E-state index in [9.17, 15) is 10.5 Å². The molecule has 4 atom stereocenters. The number of hydrogen-bond donors (Lipinski definition) is 0. The Bertz CT molecular complexity index is 1410. The van der Waals surface area contributed by atoms with E-state index in [2.05, 4.69) is 101 Å². The third kappa shape index (κ3) is 3.72. The van der Waals surface area contributed by atoms with E-state index in [0.29, 0.717) is 11.6 Å². The standard InChI is InChI=1S/C31H26N4/c32-19-21-15-16-31-27(17-21)26-11-2-4-14-30(26)35(31)29-13-3-1-10-25(29)22-7-5-8-23(18-22)28-12-6-9-24(20-33)34-28/h1-5,8,10-17,22-23,27,31H,6-7,9,18H2. The highest BCUT2D eigenvalue weighted by molar-refractivity contribution is 5.99. The van der Waals surface area contributed by atoms with E-state index in [1.807, 2.05) is 6.08 Å². The molecule has 4 nitrogen and oxygen atoms in total. The monoisotopic (exact) mass is 454 g/mol. The van der Waals surface area contributed by atoms with Crippen LogP contribution >= 0.6 is 0 Å². The average Bonchev–Trinajstić information content (AvgIpc) is 3.26. The third-order valence-electron chi connectivity index (χ3n) is 7.65. The number of para-hydroxylation sites is 2. The first-order valence-electron chi connectivity index (χ1n) is 12.4. The van der Waals surface area contributed by atoms with Crippen LogP contribution in [0, 0.1) is 28.6 Å². The zero-order valence-electron chi connectivity index (χ0n) is 19.5. The molecular formula is C31H26N4. The Morgan fingerprint density at radius 3 is 2.49 bits per heavy atom. The van der Waals surface area contributed by atoms with Crippen molar-refractivity contribution in [1.29, 1.82) is 10.5 Å². The number of nitrogens with zero attached hydrogens (tertiary/aromatic N) is 4. The molecule has 2 aliphatic carbocycles. The van der Waals surface area contributed by atoms with Gasteiger partial charge in [0.25, 0.3) is 0 Å². The Labute approximate surface area is 206 Å². The van der Waals surface area contributed by atoms with Crippen molar-refractivity contribution in [3.8, 4) is 12.1 Å². The molecule has 4 aliphatic rings. The van der Waals surface area contributed by atoms with Gasteiger partial charge in [0.15, 0.2) is 0 Å². The van der Waals surface area contributed by atoms with Crippen LogP contribution in [-0.4, -0.2) is 11.8 Å². The number of nitriles is 2. The minimum Gasteiger partial charge on any atom is -0.333 e. The molecule has 0 bridgehead atoms. The van der Waals surface area contributed by atoms with Crippen LogP contribution in [0.25, 0.3) is 0 Å². The highest BCUT2D eigenvalue weighted by atomic mass is 15.2. The third-order valence-corrected chi connectivity index (χ3v) is 7.65. The van der Waals surface area contributed by atoms with Gasteiger partial charge >= 0.3 is 0 Å². The molecule has 6 rings (SSSR count). The Morgan fingerprint density at radius 1 is 0.914 bits per heavy atom. The predicted octanol–water partition coefficient (Wildman–Crippen LogP) is 7.00. The molecule has 2 aromatic carbocycles. The largest absolute Gasteiger partial charge is 0.333 e. The molecule has 0 saturated carbocycles. The summed E-state index contributed by atoms with van der Waals surface area (Å²) in [7, 11) is 0. The van der Waals surface area contributed by atoms with E-state index in [1.54, 1.807) is 0 Å². The molecule has 0 aromatic heterocycles. The minimum absolute atomic E-state index is 0.157. The molecule has 0 amide bonds. The molecule has 0 N–H and O–H groups in total. The van der Waals surface area contributed by atoms with Crippen LogP contribution in [0.1, 0.15) is 48.6 Å². The highest BCUT2D eigenvalue weighted by Gasteiger charge is 2.39. The van der Waals surface area contributed by atoms with E-state index in [1.165, 1.54) is 22.5 Å². The van der Waals surface area contributed by atoms with Crippen molar-refractivity contribution in [1.82, 2.24) is 0 Å². The van der Waals surface area contributed by atoms with Crippen LogP contribution in [0.2, 0.25) is 0 Å². The fourth-order valence-corrected chi connectivity index (χ4v) is 6.05.